The Bertz CT molecular complexity index is 358. The zero-order valence-electron chi connectivity index (χ0n) is 9.58. The molecule has 1 saturated carbocycles. The second-order valence-corrected chi connectivity index (χ2v) is 4.83. The highest BCUT2D eigenvalue weighted by molar-refractivity contribution is 5.34. The summed E-state index contributed by atoms with van der Waals surface area (Å²) in [6.07, 6.45) is 1.67. The summed E-state index contributed by atoms with van der Waals surface area (Å²) < 4.78 is 25.5. The number of hydrogen-bond donors (Lipinski definition) is 1. The summed E-state index contributed by atoms with van der Waals surface area (Å²) in [5.74, 6) is 0.682. The van der Waals surface area contributed by atoms with Crippen molar-refractivity contribution >= 4 is 5.82 Å². The molecular weight excluding hydrogens is 212 g/mol. The fourth-order valence-corrected chi connectivity index (χ4v) is 1.71. The van der Waals surface area contributed by atoms with Gasteiger partial charge in [-0.25, -0.2) is 8.78 Å². The van der Waals surface area contributed by atoms with E-state index in [1.54, 1.807) is 12.3 Å². The standard InChI is InChI=1S/C11H17F2N3/c1-8(11(2)4-5-11)14-10-3-6-16(15-10)7-9(12)13/h3,6,8-9H,4-5,7H2,1-2H3,(H,14,15). The lowest BCUT2D eigenvalue weighted by molar-refractivity contribution is 0.122. The average molecular weight is 229 g/mol. The van der Waals surface area contributed by atoms with Crippen LogP contribution in [-0.2, 0) is 6.54 Å². The maximum Gasteiger partial charge on any atom is 0.257 e. The van der Waals surface area contributed by atoms with Crippen molar-refractivity contribution < 1.29 is 8.78 Å². The molecule has 90 valence electrons. The Kier molecular flexibility index (Phi) is 2.86. The topological polar surface area (TPSA) is 29.9 Å². The van der Waals surface area contributed by atoms with E-state index in [0.717, 1.165) is 0 Å². The van der Waals surface area contributed by atoms with E-state index in [9.17, 15) is 8.78 Å². The van der Waals surface area contributed by atoms with Gasteiger partial charge in [-0.3, -0.25) is 4.68 Å². The van der Waals surface area contributed by atoms with Gasteiger partial charge in [0.15, 0.2) is 0 Å². The van der Waals surface area contributed by atoms with E-state index in [0.29, 0.717) is 17.3 Å². The summed E-state index contributed by atoms with van der Waals surface area (Å²) in [6.45, 7) is 3.99. The van der Waals surface area contributed by atoms with E-state index in [2.05, 4.69) is 24.3 Å². The van der Waals surface area contributed by atoms with E-state index in [1.807, 2.05) is 0 Å². The largest absolute Gasteiger partial charge is 0.366 e. The Hall–Kier alpha value is -1.13. The molecule has 1 aliphatic rings. The quantitative estimate of drug-likeness (QED) is 0.841. The van der Waals surface area contributed by atoms with Gasteiger partial charge in [-0.1, -0.05) is 6.92 Å². The summed E-state index contributed by atoms with van der Waals surface area (Å²) in [6, 6.07) is 2.08. The zero-order chi connectivity index (χ0) is 11.8. The van der Waals surface area contributed by atoms with Crippen LogP contribution in [0.3, 0.4) is 0 Å². The van der Waals surface area contributed by atoms with E-state index in [-0.39, 0.29) is 6.54 Å². The van der Waals surface area contributed by atoms with Crippen LogP contribution < -0.4 is 5.32 Å². The predicted octanol–water partition coefficient (Wildman–Crippen LogP) is 2.75. The Morgan fingerprint density at radius 1 is 1.56 bits per heavy atom. The molecule has 0 aromatic carbocycles. The zero-order valence-corrected chi connectivity index (χ0v) is 9.58. The molecule has 1 aromatic heterocycles. The smallest absolute Gasteiger partial charge is 0.257 e. The fourth-order valence-electron chi connectivity index (χ4n) is 1.71. The third-order valence-electron chi connectivity index (χ3n) is 3.41. The Balaban J connectivity index is 1.92. The fraction of sp³-hybridized carbons (Fsp3) is 0.727. The third-order valence-corrected chi connectivity index (χ3v) is 3.41. The maximum absolute atomic E-state index is 12.1. The molecule has 5 heteroatoms. The lowest BCUT2D eigenvalue weighted by Gasteiger charge is -2.19. The number of alkyl halides is 2. The molecule has 1 heterocycles. The van der Waals surface area contributed by atoms with Gasteiger partial charge in [0.2, 0.25) is 0 Å². The van der Waals surface area contributed by atoms with Crippen molar-refractivity contribution in [2.24, 2.45) is 5.41 Å². The van der Waals surface area contributed by atoms with Gasteiger partial charge < -0.3 is 5.32 Å². The summed E-state index contributed by atoms with van der Waals surface area (Å²) in [5.41, 5.74) is 0.354. The highest BCUT2D eigenvalue weighted by atomic mass is 19.3. The third kappa shape index (κ3) is 2.51. The molecule has 0 radical (unpaired) electrons. The SMILES string of the molecule is CC(Nc1ccn(CC(F)F)n1)C1(C)CC1. The van der Waals surface area contributed by atoms with Gasteiger partial charge in [0.25, 0.3) is 6.43 Å². The van der Waals surface area contributed by atoms with Crippen LogP contribution in [0.5, 0.6) is 0 Å². The van der Waals surface area contributed by atoms with Crippen LogP contribution in [0.25, 0.3) is 0 Å². The average Bonchev–Trinajstić information content (AvgIpc) is 2.79. The minimum Gasteiger partial charge on any atom is -0.366 e. The minimum absolute atomic E-state index is 0.336. The Morgan fingerprint density at radius 2 is 2.25 bits per heavy atom. The summed E-state index contributed by atoms with van der Waals surface area (Å²) in [5, 5.41) is 7.32. The number of nitrogens with zero attached hydrogens (tertiary/aromatic N) is 2. The molecule has 3 nitrogen and oxygen atoms in total. The number of aromatic nitrogens is 2. The number of nitrogens with one attached hydrogen (secondary N) is 1. The van der Waals surface area contributed by atoms with Crippen molar-refractivity contribution in [2.45, 2.75) is 45.7 Å². The second kappa shape index (κ2) is 4.03. The van der Waals surface area contributed by atoms with Crippen LogP contribution in [-0.4, -0.2) is 22.2 Å². The molecule has 0 amide bonds. The number of rotatable bonds is 5. The van der Waals surface area contributed by atoms with Crippen molar-refractivity contribution in [3.63, 3.8) is 0 Å². The van der Waals surface area contributed by atoms with Crippen LogP contribution in [0.1, 0.15) is 26.7 Å². The first-order chi connectivity index (χ1) is 7.49. The van der Waals surface area contributed by atoms with E-state index < -0.39 is 6.43 Å². The van der Waals surface area contributed by atoms with Crippen LogP contribution in [0.2, 0.25) is 0 Å². The number of halogens is 2. The number of anilines is 1. The van der Waals surface area contributed by atoms with Gasteiger partial charge >= 0.3 is 0 Å². The molecule has 1 fully saturated rings. The highest BCUT2D eigenvalue weighted by Crippen LogP contribution is 2.48. The van der Waals surface area contributed by atoms with Crippen molar-refractivity contribution in [2.75, 3.05) is 5.32 Å². The van der Waals surface area contributed by atoms with Crippen molar-refractivity contribution in [3.05, 3.63) is 12.3 Å². The Labute approximate surface area is 93.8 Å². The van der Waals surface area contributed by atoms with Crippen molar-refractivity contribution in [1.82, 2.24) is 9.78 Å². The van der Waals surface area contributed by atoms with Crippen LogP contribution in [0, 0.1) is 5.41 Å². The molecule has 0 spiro atoms. The molecule has 1 unspecified atom stereocenters. The van der Waals surface area contributed by atoms with Gasteiger partial charge in [-0.05, 0) is 25.2 Å². The van der Waals surface area contributed by atoms with Gasteiger partial charge in [0.1, 0.15) is 12.4 Å². The van der Waals surface area contributed by atoms with Gasteiger partial charge in [-0.2, -0.15) is 5.10 Å². The van der Waals surface area contributed by atoms with Gasteiger partial charge in [-0.15, -0.1) is 0 Å². The lowest BCUT2D eigenvalue weighted by Crippen LogP contribution is -2.25. The molecule has 0 saturated heterocycles. The molecule has 1 N–H and O–H groups in total. The predicted molar refractivity (Wildman–Crippen MR) is 58.7 cm³/mol. The van der Waals surface area contributed by atoms with Crippen LogP contribution >= 0.6 is 0 Å². The van der Waals surface area contributed by atoms with Gasteiger partial charge in [0.05, 0.1) is 0 Å². The minimum atomic E-state index is -2.36. The molecule has 1 atom stereocenters. The molecule has 0 bridgehead atoms. The molecule has 16 heavy (non-hydrogen) atoms. The molecule has 1 aliphatic carbocycles. The molecule has 0 aliphatic heterocycles. The first-order valence-corrected chi connectivity index (χ1v) is 5.58. The monoisotopic (exact) mass is 229 g/mol. The van der Waals surface area contributed by atoms with E-state index in [1.165, 1.54) is 17.5 Å². The van der Waals surface area contributed by atoms with Gasteiger partial charge in [0, 0.05) is 18.3 Å². The molecule has 1 aromatic rings. The highest BCUT2D eigenvalue weighted by Gasteiger charge is 2.42. The normalized spacial score (nSPS) is 19.8. The van der Waals surface area contributed by atoms with E-state index >= 15 is 0 Å². The number of hydrogen-bond acceptors (Lipinski definition) is 2. The lowest BCUT2D eigenvalue weighted by atomic mass is 10.0. The first-order valence-electron chi connectivity index (χ1n) is 5.58. The molecular formula is C11H17F2N3. The summed E-state index contributed by atoms with van der Waals surface area (Å²) >= 11 is 0. The second-order valence-electron chi connectivity index (χ2n) is 4.83. The molecule has 2 rings (SSSR count). The van der Waals surface area contributed by atoms with Crippen LogP contribution in [0.4, 0.5) is 14.6 Å². The van der Waals surface area contributed by atoms with Crippen LogP contribution in [0.15, 0.2) is 12.3 Å². The first kappa shape index (κ1) is 11.4. The van der Waals surface area contributed by atoms with E-state index in [4.69, 9.17) is 0 Å². The summed E-state index contributed by atoms with van der Waals surface area (Å²) in [4.78, 5) is 0. The van der Waals surface area contributed by atoms with Crippen molar-refractivity contribution in [3.8, 4) is 0 Å². The maximum atomic E-state index is 12.1. The van der Waals surface area contributed by atoms with Crippen molar-refractivity contribution in [1.29, 1.82) is 0 Å². The Morgan fingerprint density at radius 3 is 2.81 bits per heavy atom. The summed E-state index contributed by atoms with van der Waals surface area (Å²) in [7, 11) is 0.